The first-order valence-corrected chi connectivity index (χ1v) is 7.24. The van der Waals surface area contributed by atoms with E-state index < -0.39 is 26.5 Å². The van der Waals surface area contributed by atoms with Crippen LogP contribution in [0.15, 0.2) is 23.4 Å². The number of nitrogens with zero attached hydrogens (tertiary/aromatic N) is 1. The molecule has 0 spiro atoms. The fourth-order valence-corrected chi connectivity index (χ4v) is 3.20. The molecule has 18 heavy (non-hydrogen) atoms. The summed E-state index contributed by atoms with van der Waals surface area (Å²) < 4.78 is 39.2. The van der Waals surface area contributed by atoms with Crippen molar-refractivity contribution in [2.75, 3.05) is 6.54 Å². The Hall–Kier alpha value is -1.05. The van der Waals surface area contributed by atoms with Gasteiger partial charge in [0.15, 0.2) is 5.82 Å². The molecule has 0 aromatic carbocycles. The highest BCUT2D eigenvalue weighted by atomic mass is 32.2. The molecule has 1 fully saturated rings. The van der Waals surface area contributed by atoms with Crippen LogP contribution in [0.4, 0.5) is 4.39 Å². The van der Waals surface area contributed by atoms with Crippen LogP contribution >= 0.6 is 0 Å². The molecule has 7 heteroatoms. The van der Waals surface area contributed by atoms with E-state index in [2.05, 4.69) is 9.71 Å². The third-order valence-electron chi connectivity index (χ3n) is 3.10. The average molecular weight is 274 g/mol. The Morgan fingerprint density at radius 2 is 2.11 bits per heavy atom. The van der Waals surface area contributed by atoms with Crippen molar-refractivity contribution in [1.29, 1.82) is 0 Å². The lowest BCUT2D eigenvalue weighted by Crippen LogP contribution is -2.41. The molecule has 100 valence electrons. The number of aliphatic hydroxyl groups is 1. The van der Waals surface area contributed by atoms with Gasteiger partial charge in [-0.3, -0.25) is 0 Å². The molecule has 0 amide bonds. The van der Waals surface area contributed by atoms with Gasteiger partial charge in [-0.15, -0.1) is 0 Å². The van der Waals surface area contributed by atoms with Gasteiger partial charge < -0.3 is 5.11 Å². The van der Waals surface area contributed by atoms with Crippen molar-refractivity contribution in [3.8, 4) is 0 Å². The first-order valence-electron chi connectivity index (χ1n) is 5.76. The van der Waals surface area contributed by atoms with Gasteiger partial charge >= 0.3 is 0 Å². The van der Waals surface area contributed by atoms with Crippen LogP contribution in [0.25, 0.3) is 0 Å². The molecule has 0 atom stereocenters. The number of halogens is 1. The summed E-state index contributed by atoms with van der Waals surface area (Å²) >= 11 is 0. The Morgan fingerprint density at radius 3 is 2.72 bits per heavy atom. The molecule has 1 aliphatic rings. The molecular weight excluding hydrogens is 259 g/mol. The predicted molar refractivity (Wildman–Crippen MR) is 62.8 cm³/mol. The van der Waals surface area contributed by atoms with Gasteiger partial charge in [-0.1, -0.05) is 12.8 Å². The Morgan fingerprint density at radius 1 is 1.44 bits per heavy atom. The van der Waals surface area contributed by atoms with Crippen molar-refractivity contribution in [2.45, 2.75) is 36.3 Å². The second-order valence-corrected chi connectivity index (χ2v) is 6.23. The number of sulfonamides is 1. The summed E-state index contributed by atoms with van der Waals surface area (Å²) in [6.07, 6.45) is 4.06. The minimum atomic E-state index is -4.01. The summed E-state index contributed by atoms with van der Waals surface area (Å²) in [5.41, 5.74) is -1.02. The van der Waals surface area contributed by atoms with Crippen LogP contribution in [-0.4, -0.2) is 30.7 Å². The first kappa shape index (κ1) is 13.4. The zero-order chi connectivity index (χ0) is 13.2. The maximum atomic E-state index is 13.3. The van der Waals surface area contributed by atoms with Crippen molar-refractivity contribution >= 4 is 10.0 Å². The SMILES string of the molecule is O=S(=O)(NCC1(O)CCCC1)c1ncccc1F. The zero-order valence-corrected chi connectivity index (χ0v) is 10.6. The molecule has 1 aliphatic carbocycles. The normalized spacial score (nSPS) is 19.0. The summed E-state index contributed by atoms with van der Waals surface area (Å²) in [7, 11) is -4.01. The van der Waals surface area contributed by atoms with Crippen molar-refractivity contribution in [3.63, 3.8) is 0 Å². The Kier molecular flexibility index (Phi) is 3.65. The zero-order valence-electron chi connectivity index (χ0n) is 9.76. The van der Waals surface area contributed by atoms with Crippen molar-refractivity contribution in [3.05, 3.63) is 24.1 Å². The molecule has 0 radical (unpaired) electrons. The topological polar surface area (TPSA) is 79.3 Å². The van der Waals surface area contributed by atoms with E-state index in [0.29, 0.717) is 12.8 Å². The van der Waals surface area contributed by atoms with Gasteiger partial charge in [-0.2, -0.15) is 0 Å². The smallest absolute Gasteiger partial charge is 0.261 e. The average Bonchev–Trinajstić information content (AvgIpc) is 2.75. The third-order valence-corrected chi connectivity index (χ3v) is 4.44. The largest absolute Gasteiger partial charge is 0.389 e. The van der Waals surface area contributed by atoms with Crippen molar-refractivity contribution < 1.29 is 17.9 Å². The van der Waals surface area contributed by atoms with E-state index in [-0.39, 0.29) is 6.54 Å². The number of rotatable bonds is 4. The lowest BCUT2D eigenvalue weighted by Gasteiger charge is -2.22. The van der Waals surface area contributed by atoms with Gasteiger partial charge in [0.2, 0.25) is 5.03 Å². The monoisotopic (exact) mass is 274 g/mol. The summed E-state index contributed by atoms with van der Waals surface area (Å²) in [6, 6.07) is 2.35. The Balaban J connectivity index is 2.11. The molecule has 1 heterocycles. The van der Waals surface area contributed by atoms with Gasteiger partial charge in [0, 0.05) is 12.7 Å². The van der Waals surface area contributed by atoms with E-state index in [9.17, 15) is 17.9 Å². The second kappa shape index (κ2) is 4.91. The van der Waals surface area contributed by atoms with Crippen LogP contribution in [-0.2, 0) is 10.0 Å². The lowest BCUT2D eigenvalue weighted by atomic mass is 10.0. The van der Waals surface area contributed by atoms with Crippen LogP contribution in [0, 0.1) is 5.82 Å². The van der Waals surface area contributed by atoms with Crippen LogP contribution in [0.1, 0.15) is 25.7 Å². The summed E-state index contributed by atoms with van der Waals surface area (Å²) in [6.45, 7) is -0.106. The van der Waals surface area contributed by atoms with Crippen LogP contribution in [0.2, 0.25) is 0 Å². The Bertz CT molecular complexity index is 527. The highest BCUT2D eigenvalue weighted by molar-refractivity contribution is 7.89. The lowest BCUT2D eigenvalue weighted by molar-refractivity contribution is 0.0531. The Labute approximate surface area is 105 Å². The number of hydrogen-bond donors (Lipinski definition) is 2. The first-order chi connectivity index (χ1) is 8.43. The fourth-order valence-electron chi connectivity index (χ4n) is 2.08. The van der Waals surface area contributed by atoms with Gasteiger partial charge in [-0.05, 0) is 25.0 Å². The molecule has 1 aromatic rings. The molecule has 0 unspecified atom stereocenters. The van der Waals surface area contributed by atoms with Crippen LogP contribution in [0.5, 0.6) is 0 Å². The molecule has 5 nitrogen and oxygen atoms in total. The highest BCUT2D eigenvalue weighted by Crippen LogP contribution is 2.29. The maximum absolute atomic E-state index is 13.3. The molecule has 0 saturated heterocycles. The quantitative estimate of drug-likeness (QED) is 0.851. The standard InChI is InChI=1S/C11H15FN2O3S/c12-9-4-3-7-13-10(9)18(16,17)14-8-11(15)5-1-2-6-11/h3-4,7,14-15H,1-2,5-6,8H2. The number of hydrogen-bond acceptors (Lipinski definition) is 4. The second-order valence-electron chi connectivity index (χ2n) is 4.55. The summed E-state index contributed by atoms with van der Waals surface area (Å²) in [5.74, 6) is -0.900. The summed E-state index contributed by atoms with van der Waals surface area (Å²) in [5, 5.41) is 9.40. The highest BCUT2D eigenvalue weighted by Gasteiger charge is 2.33. The molecule has 2 N–H and O–H groups in total. The van der Waals surface area contributed by atoms with E-state index >= 15 is 0 Å². The van der Waals surface area contributed by atoms with Crippen molar-refractivity contribution in [1.82, 2.24) is 9.71 Å². The fraction of sp³-hybridized carbons (Fsp3) is 0.545. The predicted octanol–water partition coefficient (Wildman–Crippen LogP) is 0.804. The minimum Gasteiger partial charge on any atom is -0.389 e. The third kappa shape index (κ3) is 2.85. The van der Waals surface area contributed by atoms with E-state index in [1.54, 1.807) is 0 Å². The number of nitrogens with one attached hydrogen (secondary N) is 1. The van der Waals surface area contributed by atoms with Gasteiger partial charge in [0.1, 0.15) is 0 Å². The molecule has 2 rings (SSSR count). The molecule has 0 bridgehead atoms. The van der Waals surface area contributed by atoms with Crippen molar-refractivity contribution in [2.24, 2.45) is 0 Å². The van der Waals surface area contributed by atoms with Gasteiger partial charge in [0.05, 0.1) is 5.60 Å². The number of aromatic nitrogens is 1. The molecule has 1 aromatic heterocycles. The minimum absolute atomic E-state index is 0.106. The van der Waals surface area contributed by atoms with Crippen LogP contribution < -0.4 is 4.72 Å². The van der Waals surface area contributed by atoms with E-state index in [0.717, 1.165) is 18.9 Å². The summed E-state index contributed by atoms with van der Waals surface area (Å²) in [4.78, 5) is 3.51. The van der Waals surface area contributed by atoms with E-state index in [1.807, 2.05) is 0 Å². The molecule has 1 saturated carbocycles. The van der Waals surface area contributed by atoms with E-state index in [4.69, 9.17) is 0 Å². The number of pyridine rings is 1. The molecular formula is C11H15FN2O3S. The van der Waals surface area contributed by atoms with Crippen LogP contribution in [0.3, 0.4) is 0 Å². The van der Waals surface area contributed by atoms with Gasteiger partial charge in [-0.25, -0.2) is 22.5 Å². The van der Waals surface area contributed by atoms with Gasteiger partial charge in [0.25, 0.3) is 10.0 Å². The maximum Gasteiger partial charge on any atom is 0.261 e. The van der Waals surface area contributed by atoms with E-state index in [1.165, 1.54) is 12.3 Å². The molecule has 0 aliphatic heterocycles.